The summed E-state index contributed by atoms with van der Waals surface area (Å²) in [6, 6.07) is 7.99. The zero-order valence-electron chi connectivity index (χ0n) is 16.8. The Labute approximate surface area is 166 Å². The molecule has 1 aromatic heterocycles. The summed E-state index contributed by atoms with van der Waals surface area (Å²) in [6.45, 7) is 8.21. The molecular formula is C21H29N5O2. The first kappa shape index (κ1) is 19.1. The van der Waals surface area contributed by atoms with Gasteiger partial charge in [0.1, 0.15) is 0 Å². The van der Waals surface area contributed by atoms with E-state index in [9.17, 15) is 10.1 Å². The summed E-state index contributed by atoms with van der Waals surface area (Å²) in [5.41, 5.74) is 2.47. The van der Waals surface area contributed by atoms with Crippen LogP contribution >= 0.6 is 0 Å². The van der Waals surface area contributed by atoms with E-state index in [1.165, 1.54) is 31.9 Å². The molecule has 2 fully saturated rings. The number of nitrogens with zero attached hydrogens (tertiary/aromatic N) is 5. The number of fused-ring (bicyclic) bond motifs is 1. The van der Waals surface area contributed by atoms with Crippen molar-refractivity contribution >= 4 is 22.3 Å². The Morgan fingerprint density at radius 2 is 1.96 bits per heavy atom. The summed E-state index contributed by atoms with van der Waals surface area (Å²) in [4.78, 5) is 23.0. The summed E-state index contributed by atoms with van der Waals surface area (Å²) >= 11 is 0. The van der Waals surface area contributed by atoms with Crippen LogP contribution in [0.25, 0.3) is 10.9 Å². The number of aryl methyl sites for hydroxylation is 1. The Morgan fingerprint density at radius 1 is 1.18 bits per heavy atom. The third-order valence-electron chi connectivity index (χ3n) is 6.22. The molecule has 0 aliphatic carbocycles. The molecule has 2 aliphatic rings. The maximum absolute atomic E-state index is 11.4. The number of nitro benzene ring substituents is 1. The monoisotopic (exact) mass is 383 g/mol. The minimum Gasteiger partial charge on any atom is -0.368 e. The topological polar surface area (TPSA) is 65.8 Å². The van der Waals surface area contributed by atoms with E-state index >= 15 is 0 Å². The predicted molar refractivity (Wildman–Crippen MR) is 112 cm³/mol. The molecule has 3 heterocycles. The van der Waals surface area contributed by atoms with Crippen molar-refractivity contribution in [2.45, 2.75) is 32.2 Å². The van der Waals surface area contributed by atoms with E-state index in [0.29, 0.717) is 11.6 Å². The van der Waals surface area contributed by atoms with Crippen LogP contribution in [0.15, 0.2) is 24.3 Å². The standard InChI is InChI=1S/C21H29N5O2/c1-16-14-20(18-7-5-8-19(26(27)28)21(18)22-16)25-12-10-24(11-13-25)15-17-6-3-4-9-23(17)2/h5,7-8,14,17H,3-4,6,9-13,15H2,1-2H3. The SMILES string of the molecule is Cc1cc(N2CCN(CC3CCCCN3C)CC2)c2cccc([N+](=O)[O-])c2n1. The van der Waals surface area contributed by atoms with Crippen molar-refractivity contribution in [3.05, 3.63) is 40.1 Å². The van der Waals surface area contributed by atoms with E-state index < -0.39 is 0 Å². The highest BCUT2D eigenvalue weighted by atomic mass is 16.6. The summed E-state index contributed by atoms with van der Waals surface area (Å²) in [6.07, 6.45) is 3.96. The second-order valence-corrected chi connectivity index (χ2v) is 8.13. The van der Waals surface area contributed by atoms with Gasteiger partial charge >= 0.3 is 0 Å². The number of rotatable bonds is 4. The van der Waals surface area contributed by atoms with Gasteiger partial charge in [0.05, 0.1) is 4.92 Å². The Balaban J connectivity index is 1.51. The second kappa shape index (κ2) is 8.01. The molecule has 1 atom stereocenters. The van der Waals surface area contributed by atoms with E-state index in [4.69, 9.17) is 0 Å². The van der Waals surface area contributed by atoms with E-state index in [0.717, 1.165) is 49.5 Å². The molecule has 150 valence electrons. The molecule has 2 saturated heterocycles. The van der Waals surface area contributed by atoms with Crippen molar-refractivity contribution < 1.29 is 4.92 Å². The van der Waals surface area contributed by atoms with Crippen LogP contribution in [0.1, 0.15) is 25.0 Å². The first-order valence-electron chi connectivity index (χ1n) is 10.3. The minimum absolute atomic E-state index is 0.0846. The Kier molecular flexibility index (Phi) is 5.46. The quantitative estimate of drug-likeness (QED) is 0.597. The first-order valence-corrected chi connectivity index (χ1v) is 10.3. The summed E-state index contributed by atoms with van der Waals surface area (Å²) in [5.74, 6) is 0. The number of para-hydroxylation sites is 1. The lowest BCUT2D eigenvalue weighted by molar-refractivity contribution is -0.383. The Hall–Kier alpha value is -2.25. The van der Waals surface area contributed by atoms with Gasteiger partial charge in [-0.2, -0.15) is 0 Å². The number of likely N-dealkylation sites (tertiary alicyclic amines) is 1. The average Bonchev–Trinajstić information content (AvgIpc) is 2.69. The van der Waals surface area contributed by atoms with E-state index in [-0.39, 0.29) is 10.6 Å². The Bertz CT molecular complexity index is 863. The third-order valence-corrected chi connectivity index (χ3v) is 6.22. The molecule has 0 saturated carbocycles. The maximum Gasteiger partial charge on any atom is 0.295 e. The smallest absolute Gasteiger partial charge is 0.295 e. The van der Waals surface area contributed by atoms with Crippen molar-refractivity contribution in [1.29, 1.82) is 0 Å². The average molecular weight is 383 g/mol. The molecule has 7 heteroatoms. The molecule has 2 aliphatic heterocycles. The summed E-state index contributed by atoms with van der Waals surface area (Å²) in [5, 5.41) is 12.3. The molecule has 0 amide bonds. The van der Waals surface area contributed by atoms with Gasteiger partial charge in [-0.25, -0.2) is 4.98 Å². The normalized spacial score (nSPS) is 21.9. The summed E-state index contributed by atoms with van der Waals surface area (Å²) in [7, 11) is 2.25. The van der Waals surface area contributed by atoms with Crippen molar-refractivity contribution in [3.63, 3.8) is 0 Å². The molecule has 4 rings (SSSR count). The summed E-state index contributed by atoms with van der Waals surface area (Å²) < 4.78 is 0. The molecule has 28 heavy (non-hydrogen) atoms. The van der Waals surface area contributed by atoms with Crippen LogP contribution in [0.4, 0.5) is 11.4 Å². The number of nitro groups is 1. The molecule has 2 aromatic rings. The van der Waals surface area contributed by atoms with Gasteiger partial charge in [-0.3, -0.25) is 15.0 Å². The lowest BCUT2D eigenvalue weighted by Crippen LogP contribution is -2.52. The lowest BCUT2D eigenvalue weighted by Gasteiger charge is -2.41. The number of non-ortho nitro benzene ring substituents is 1. The van der Waals surface area contributed by atoms with Gasteiger partial charge in [-0.05, 0) is 39.4 Å². The van der Waals surface area contributed by atoms with E-state index in [1.54, 1.807) is 6.07 Å². The molecular weight excluding hydrogens is 354 g/mol. The van der Waals surface area contributed by atoms with Gasteiger partial charge in [0, 0.05) is 61.6 Å². The fourth-order valence-electron chi connectivity index (χ4n) is 4.59. The fourth-order valence-corrected chi connectivity index (χ4v) is 4.59. The zero-order valence-corrected chi connectivity index (χ0v) is 16.8. The van der Waals surface area contributed by atoms with Crippen LogP contribution in [0.2, 0.25) is 0 Å². The van der Waals surface area contributed by atoms with Gasteiger partial charge in [0.15, 0.2) is 5.52 Å². The number of hydrogen-bond donors (Lipinski definition) is 0. The fraction of sp³-hybridized carbons (Fsp3) is 0.571. The molecule has 0 spiro atoms. The highest BCUT2D eigenvalue weighted by Gasteiger charge is 2.26. The number of aromatic nitrogens is 1. The van der Waals surface area contributed by atoms with Crippen LogP contribution in [-0.4, -0.2) is 72.1 Å². The lowest BCUT2D eigenvalue weighted by atomic mass is 10.0. The predicted octanol–water partition coefficient (Wildman–Crippen LogP) is 3.06. The van der Waals surface area contributed by atoms with Gasteiger partial charge in [-0.15, -0.1) is 0 Å². The van der Waals surface area contributed by atoms with Crippen LogP contribution in [0, 0.1) is 17.0 Å². The van der Waals surface area contributed by atoms with Crippen LogP contribution in [-0.2, 0) is 0 Å². The maximum atomic E-state index is 11.4. The van der Waals surface area contributed by atoms with E-state index in [2.05, 4.69) is 32.8 Å². The minimum atomic E-state index is -0.336. The number of benzene rings is 1. The molecule has 1 aromatic carbocycles. The number of hydrogen-bond acceptors (Lipinski definition) is 6. The van der Waals surface area contributed by atoms with Crippen LogP contribution < -0.4 is 4.90 Å². The van der Waals surface area contributed by atoms with Crippen LogP contribution in [0.3, 0.4) is 0 Å². The highest BCUT2D eigenvalue weighted by Crippen LogP contribution is 2.32. The largest absolute Gasteiger partial charge is 0.368 e. The third kappa shape index (κ3) is 3.82. The Morgan fingerprint density at radius 3 is 2.68 bits per heavy atom. The number of anilines is 1. The number of pyridine rings is 1. The molecule has 7 nitrogen and oxygen atoms in total. The van der Waals surface area contributed by atoms with Gasteiger partial charge in [0.25, 0.3) is 5.69 Å². The van der Waals surface area contributed by atoms with Gasteiger partial charge in [-0.1, -0.05) is 18.6 Å². The first-order chi connectivity index (χ1) is 13.5. The zero-order chi connectivity index (χ0) is 19.7. The second-order valence-electron chi connectivity index (χ2n) is 8.13. The number of piperazine rings is 1. The number of piperidine rings is 1. The molecule has 0 N–H and O–H groups in total. The molecule has 0 bridgehead atoms. The van der Waals surface area contributed by atoms with Crippen molar-refractivity contribution in [2.75, 3.05) is 51.2 Å². The van der Waals surface area contributed by atoms with Crippen molar-refractivity contribution in [3.8, 4) is 0 Å². The molecule has 1 unspecified atom stereocenters. The van der Waals surface area contributed by atoms with Gasteiger partial charge < -0.3 is 9.80 Å². The number of likely N-dealkylation sites (N-methyl/N-ethyl adjacent to an activating group) is 1. The van der Waals surface area contributed by atoms with Crippen molar-refractivity contribution in [2.24, 2.45) is 0 Å². The van der Waals surface area contributed by atoms with Crippen LogP contribution in [0.5, 0.6) is 0 Å². The highest BCUT2D eigenvalue weighted by molar-refractivity contribution is 5.97. The van der Waals surface area contributed by atoms with Crippen molar-refractivity contribution in [1.82, 2.24) is 14.8 Å². The molecule has 0 radical (unpaired) electrons. The van der Waals surface area contributed by atoms with Gasteiger partial charge in [0.2, 0.25) is 0 Å². The van der Waals surface area contributed by atoms with E-state index in [1.807, 2.05) is 13.0 Å².